The van der Waals surface area contributed by atoms with Crippen molar-refractivity contribution in [1.82, 2.24) is 25.0 Å². The molecule has 0 saturated carbocycles. The average molecular weight is 479 g/mol. The lowest BCUT2D eigenvalue weighted by Crippen LogP contribution is -2.49. The summed E-state index contributed by atoms with van der Waals surface area (Å²) in [4.78, 5) is 29.6. The van der Waals surface area contributed by atoms with Crippen molar-refractivity contribution in [3.8, 4) is 0 Å². The number of hydrogen-bond acceptors (Lipinski definition) is 6. The van der Waals surface area contributed by atoms with Crippen molar-refractivity contribution >= 4 is 29.3 Å². The van der Waals surface area contributed by atoms with Gasteiger partial charge in [-0.15, -0.1) is 10.2 Å². The van der Waals surface area contributed by atoms with E-state index in [-0.39, 0.29) is 17.9 Å². The SMILES string of the molecule is Cc1cccc(C(=O)N[C@H](C)c2nnc(SCC(=O)N3CCN(c4ccccc4)CC3)n2C)c1. The van der Waals surface area contributed by atoms with E-state index in [4.69, 9.17) is 0 Å². The highest BCUT2D eigenvalue weighted by molar-refractivity contribution is 7.99. The lowest BCUT2D eigenvalue weighted by atomic mass is 10.1. The molecule has 178 valence electrons. The highest BCUT2D eigenvalue weighted by Crippen LogP contribution is 2.21. The highest BCUT2D eigenvalue weighted by atomic mass is 32.2. The number of benzene rings is 2. The number of aromatic nitrogens is 3. The van der Waals surface area contributed by atoms with E-state index in [9.17, 15) is 9.59 Å². The molecule has 2 aromatic carbocycles. The van der Waals surface area contributed by atoms with Crippen molar-refractivity contribution in [3.63, 3.8) is 0 Å². The van der Waals surface area contributed by atoms with Crippen molar-refractivity contribution in [3.05, 3.63) is 71.5 Å². The Hall–Kier alpha value is -3.33. The molecular formula is C25H30N6O2S. The fraction of sp³-hybridized carbons (Fsp3) is 0.360. The molecular weight excluding hydrogens is 448 g/mol. The molecule has 0 unspecified atom stereocenters. The maximum atomic E-state index is 12.8. The largest absolute Gasteiger partial charge is 0.368 e. The van der Waals surface area contributed by atoms with Crippen LogP contribution >= 0.6 is 11.8 Å². The third kappa shape index (κ3) is 5.59. The summed E-state index contributed by atoms with van der Waals surface area (Å²) < 4.78 is 1.84. The van der Waals surface area contributed by atoms with E-state index >= 15 is 0 Å². The molecule has 4 rings (SSSR count). The minimum atomic E-state index is -0.318. The molecule has 2 amide bonds. The Kier molecular flexibility index (Phi) is 7.52. The Bertz CT molecular complexity index is 1140. The van der Waals surface area contributed by atoms with Gasteiger partial charge in [0.05, 0.1) is 11.8 Å². The molecule has 0 bridgehead atoms. The number of amides is 2. The zero-order chi connectivity index (χ0) is 24.1. The van der Waals surface area contributed by atoms with Crippen LogP contribution < -0.4 is 10.2 Å². The van der Waals surface area contributed by atoms with E-state index in [1.54, 1.807) is 6.07 Å². The van der Waals surface area contributed by atoms with Gasteiger partial charge in [0, 0.05) is 44.5 Å². The summed E-state index contributed by atoms with van der Waals surface area (Å²) in [6, 6.07) is 17.4. The van der Waals surface area contributed by atoms with Crippen molar-refractivity contribution < 1.29 is 9.59 Å². The van der Waals surface area contributed by atoms with Gasteiger partial charge in [0.25, 0.3) is 5.91 Å². The Balaban J connectivity index is 1.28. The van der Waals surface area contributed by atoms with Crippen molar-refractivity contribution in [2.75, 3.05) is 36.8 Å². The van der Waals surface area contributed by atoms with E-state index in [1.807, 2.05) is 66.8 Å². The molecule has 1 saturated heterocycles. The second kappa shape index (κ2) is 10.7. The molecule has 3 aromatic rings. The van der Waals surface area contributed by atoms with Crippen LogP contribution in [0.4, 0.5) is 5.69 Å². The van der Waals surface area contributed by atoms with E-state index < -0.39 is 0 Å². The Morgan fingerprint density at radius 1 is 1.03 bits per heavy atom. The van der Waals surface area contributed by atoms with Gasteiger partial charge in [0.15, 0.2) is 11.0 Å². The lowest BCUT2D eigenvalue weighted by Gasteiger charge is -2.36. The van der Waals surface area contributed by atoms with Gasteiger partial charge in [-0.1, -0.05) is 47.7 Å². The first-order valence-corrected chi connectivity index (χ1v) is 12.4. The lowest BCUT2D eigenvalue weighted by molar-refractivity contribution is -0.128. The van der Waals surface area contributed by atoms with E-state index in [1.165, 1.54) is 17.4 Å². The fourth-order valence-corrected chi connectivity index (χ4v) is 4.85. The minimum Gasteiger partial charge on any atom is -0.368 e. The second-order valence-electron chi connectivity index (χ2n) is 8.46. The maximum Gasteiger partial charge on any atom is 0.251 e. The van der Waals surface area contributed by atoms with Crippen molar-refractivity contribution in [1.29, 1.82) is 0 Å². The number of piperazine rings is 1. The Labute approximate surface area is 204 Å². The van der Waals surface area contributed by atoms with Gasteiger partial charge < -0.3 is 19.7 Å². The second-order valence-corrected chi connectivity index (χ2v) is 9.40. The van der Waals surface area contributed by atoms with Crippen LogP contribution in [-0.2, 0) is 11.8 Å². The molecule has 1 aliphatic heterocycles. The molecule has 0 spiro atoms. The van der Waals surface area contributed by atoms with E-state index in [2.05, 4.69) is 32.5 Å². The number of carbonyl (C=O) groups is 2. The molecule has 1 atom stereocenters. The van der Waals surface area contributed by atoms with Gasteiger partial charge in [0.1, 0.15) is 0 Å². The van der Waals surface area contributed by atoms with Crippen LogP contribution in [0.15, 0.2) is 59.8 Å². The molecule has 1 aliphatic rings. The van der Waals surface area contributed by atoms with Crippen LogP contribution in [0.25, 0.3) is 0 Å². The van der Waals surface area contributed by atoms with Gasteiger partial charge in [-0.2, -0.15) is 0 Å². The summed E-state index contributed by atoms with van der Waals surface area (Å²) >= 11 is 1.37. The number of carbonyl (C=O) groups excluding carboxylic acids is 2. The Morgan fingerprint density at radius 2 is 1.76 bits per heavy atom. The first-order valence-electron chi connectivity index (χ1n) is 11.4. The number of thioether (sulfide) groups is 1. The summed E-state index contributed by atoms with van der Waals surface area (Å²) in [5.41, 5.74) is 2.84. The zero-order valence-electron chi connectivity index (χ0n) is 19.8. The summed E-state index contributed by atoms with van der Waals surface area (Å²) in [6.07, 6.45) is 0. The van der Waals surface area contributed by atoms with Gasteiger partial charge >= 0.3 is 0 Å². The number of para-hydroxylation sites is 1. The van der Waals surface area contributed by atoms with Gasteiger partial charge in [-0.25, -0.2) is 0 Å². The number of aryl methyl sites for hydroxylation is 1. The van der Waals surface area contributed by atoms with Gasteiger partial charge in [0.2, 0.25) is 5.91 Å². The topological polar surface area (TPSA) is 83.4 Å². The number of nitrogens with one attached hydrogen (secondary N) is 1. The third-order valence-electron chi connectivity index (χ3n) is 5.96. The molecule has 0 radical (unpaired) electrons. The van der Waals surface area contributed by atoms with Crippen LogP contribution in [0, 0.1) is 6.92 Å². The molecule has 0 aliphatic carbocycles. The monoisotopic (exact) mass is 478 g/mol. The van der Waals surface area contributed by atoms with Crippen molar-refractivity contribution in [2.45, 2.75) is 25.0 Å². The van der Waals surface area contributed by atoms with Crippen LogP contribution in [0.5, 0.6) is 0 Å². The number of rotatable bonds is 7. The Morgan fingerprint density at radius 3 is 2.47 bits per heavy atom. The van der Waals surface area contributed by atoms with Crippen LogP contribution in [0.2, 0.25) is 0 Å². The highest BCUT2D eigenvalue weighted by Gasteiger charge is 2.23. The summed E-state index contributed by atoms with van der Waals surface area (Å²) in [5, 5.41) is 12.1. The molecule has 8 nitrogen and oxygen atoms in total. The zero-order valence-corrected chi connectivity index (χ0v) is 20.6. The number of anilines is 1. The van der Waals surface area contributed by atoms with Crippen LogP contribution in [-0.4, -0.2) is 63.4 Å². The number of hydrogen-bond donors (Lipinski definition) is 1. The molecule has 1 fully saturated rings. The van der Waals surface area contributed by atoms with Crippen LogP contribution in [0.1, 0.15) is 34.7 Å². The summed E-state index contributed by atoms with van der Waals surface area (Å²) in [5.74, 6) is 0.898. The fourth-order valence-electron chi connectivity index (χ4n) is 4.03. The summed E-state index contributed by atoms with van der Waals surface area (Å²) in [7, 11) is 1.86. The molecule has 1 aromatic heterocycles. The van der Waals surface area contributed by atoms with Crippen LogP contribution in [0.3, 0.4) is 0 Å². The minimum absolute atomic E-state index is 0.100. The normalized spacial score (nSPS) is 14.7. The molecule has 34 heavy (non-hydrogen) atoms. The van der Waals surface area contributed by atoms with Gasteiger partial charge in [-0.3, -0.25) is 9.59 Å². The molecule has 1 N–H and O–H groups in total. The van der Waals surface area contributed by atoms with E-state index in [0.29, 0.717) is 35.4 Å². The predicted molar refractivity (Wildman–Crippen MR) is 134 cm³/mol. The number of nitrogens with zero attached hydrogens (tertiary/aromatic N) is 5. The van der Waals surface area contributed by atoms with Crippen molar-refractivity contribution in [2.24, 2.45) is 7.05 Å². The smallest absolute Gasteiger partial charge is 0.251 e. The maximum absolute atomic E-state index is 12.8. The standard InChI is InChI=1S/C25H30N6O2S/c1-18-8-7-9-20(16-18)24(33)26-19(2)23-27-28-25(29(23)3)34-17-22(32)31-14-12-30(13-15-31)21-10-5-4-6-11-21/h4-11,16,19H,12-15,17H2,1-3H3,(H,26,33)/t19-/m1/s1. The van der Waals surface area contributed by atoms with Gasteiger partial charge in [-0.05, 0) is 38.1 Å². The summed E-state index contributed by atoms with van der Waals surface area (Å²) in [6.45, 7) is 6.90. The quantitative estimate of drug-likeness (QED) is 0.526. The molecule has 2 heterocycles. The predicted octanol–water partition coefficient (Wildman–Crippen LogP) is 3.06. The molecule has 9 heteroatoms. The first-order chi connectivity index (χ1) is 16.4. The first kappa shape index (κ1) is 23.8. The van der Waals surface area contributed by atoms with E-state index in [0.717, 1.165) is 18.7 Å². The average Bonchev–Trinajstić information content (AvgIpc) is 3.23. The third-order valence-corrected chi connectivity index (χ3v) is 6.97.